The third kappa shape index (κ3) is 4.58. The normalized spacial score (nSPS) is 12.1. The van der Waals surface area contributed by atoms with Gasteiger partial charge < -0.3 is 4.52 Å². The zero-order valence-corrected chi connectivity index (χ0v) is 16.2. The molecule has 1 N–H and O–H groups in total. The van der Waals surface area contributed by atoms with Gasteiger partial charge in [0.15, 0.2) is 0 Å². The highest BCUT2D eigenvalue weighted by atomic mass is 19.1. The van der Waals surface area contributed by atoms with Gasteiger partial charge in [-0.15, -0.1) is 0 Å². The van der Waals surface area contributed by atoms with Crippen LogP contribution in [0.15, 0.2) is 83.4 Å². The topological polar surface area (TPSA) is 51.0 Å². The van der Waals surface area contributed by atoms with Crippen LogP contribution in [0.25, 0.3) is 11.4 Å². The van der Waals surface area contributed by atoms with Gasteiger partial charge in [0, 0.05) is 5.56 Å². The number of aryl methyl sites for hydroxylation is 1. The maximum absolute atomic E-state index is 13.8. The van der Waals surface area contributed by atoms with Crippen molar-refractivity contribution in [3.05, 3.63) is 107 Å². The molecule has 4 nitrogen and oxygen atoms in total. The molecular weight excluding hydrogens is 365 g/mol. The van der Waals surface area contributed by atoms with Gasteiger partial charge in [-0.25, -0.2) is 4.39 Å². The van der Waals surface area contributed by atoms with Crippen molar-refractivity contribution in [2.24, 2.45) is 0 Å². The Hall–Kier alpha value is -3.31. The van der Waals surface area contributed by atoms with E-state index in [9.17, 15) is 4.39 Å². The van der Waals surface area contributed by atoms with E-state index in [2.05, 4.69) is 46.6 Å². The molecule has 1 atom stereocenters. The highest BCUT2D eigenvalue weighted by molar-refractivity contribution is 5.53. The second kappa shape index (κ2) is 8.80. The predicted octanol–water partition coefficient (Wildman–Crippen LogP) is 5.32. The van der Waals surface area contributed by atoms with E-state index in [1.165, 1.54) is 11.6 Å². The smallest absolute Gasteiger partial charge is 0.240 e. The van der Waals surface area contributed by atoms with Crippen molar-refractivity contribution in [1.29, 1.82) is 0 Å². The molecule has 0 unspecified atom stereocenters. The number of rotatable bonds is 7. The van der Waals surface area contributed by atoms with E-state index in [-0.39, 0.29) is 11.9 Å². The summed E-state index contributed by atoms with van der Waals surface area (Å²) in [6.07, 6.45) is 0.975. The maximum atomic E-state index is 13.8. The van der Waals surface area contributed by atoms with E-state index in [4.69, 9.17) is 4.52 Å². The van der Waals surface area contributed by atoms with Crippen LogP contribution >= 0.6 is 0 Å². The number of nitrogens with one attached hydrogen (secondary N) is 1. The lowest BCUT2D eigenvalue weighted by Gasteiger charge is -2.19. The number of hydrogen-bond donors (Lipinski definition) is 1. The molecule has 0 fully saturated rings. The Balaban J connectivity index is 1.56. The molecule has 5 heteroatoms. The molecule has 0 radical (unpaired) electrons. The minimum Gasteiger partial charge on any atom is -0.338 e. The van der Waals surface area contributed by atoms with Crippen molar-refractivity contribution >= 4 is 0 Å². The van der Waals surface area contributed by atoms with E-state index in [0.717, 1.165) is 23.1 Å². The summed E-state index contributed by atoms with van der Waals surface area (Å²) in [6.45, 7) is 2.49. The monoisotopic (exact) mass is 387 g/mol. The van der Waals surface area contributed by atoms with Gasteiger partial charge in [0.05, 0.1) is 12.6 Å². The Bertz CT molecular complexity index is 1060. The fourth-order valence-electron chi connectivity index (χ4n) is 3.28. The van der Waals surface area contributed by atoms with Gasteiger partial charge >= 0.3 is 0 Å². The van der Waals surface area contributed by atoms with E-state index in [1.54, 1.807) is 12.1 Å². The molecule has 4 aromatic rings. The van der Waals surface area contributed by atoms with E-state index in [1.807, 2.05) is 36.4 Å². The molecule has 146 valence electrons. The molecule has 0 bridgehead atoms. The Morgan fingerprint density at radius 2 is 1.72 bits per heavy atom. The van der Waals surface area contributed by atoms with Crippen molar-refractivity contribution < 1.29 is 8.91 Å². The summed E-state index contributed by atoms with van der Waals surface area (Å²) in [6, 6.07) is 24.5. The first kappa shape index (κ1) is 19.0. The summed E-state index contributed by atoms with van der Waals surface area (Å²) in [5.74, 6) is 0.774. The molecule has 0 saturated carbocycles. The van der Waals surface area contributed by atoms with Crippen LogP contribution in [0.3, 0.4) is 0 Å². The zero-order valence-electron chi connectivity index (χ0n) is 16.2. The van der Waals surface area contributed by atoms with Gasteiger partial charge in [0.25, 0.3) is 0 Å². The average molecular weight is 387 g/mol. The predicted molar refractivity (Wildman–Crippen MR) is 111 cm³/mol. The highest BCUT2D eigenvalue weighted by Gasteiger charge is 2.16. The van der Waals surface area contributed by atoms with Crippen LogP contribution in [-0.2, 0) is 13.0 Å². The van der Waals surface area contributed by atoms with Crippen molar-refractivity contribution in [3.63, 3.8) is 0 Å². The first-order valence-corrected chi connectivity index (χ1v) is 9.68. The van der Waals surface area contributed by atoms with Crippen LogP contribution in [-0.4, -0.2) is 10.1 Å². The number of benzene rings is 3. The lowest BCUT2D eigenvalue weighted by atomic mass is 9.97. The second-order valence-corrected chi connectivity index (χ2v) is 6.84. The molecule has 0 saturated heterocycles. The summed E-state index contributed by atoms with van der Waals surface area (Å²) >= 11 is 0. The molecule has 1 heterocycles. The third-order valence-electron chi connectivity index (χ3n) is 4.86. The molecular formula is C24H22FN3O. The van der Waals surface area contributed by atoms with Crippen molar-refractivity contribution in [1.82, 2.24) is 15.5 Å². The molecule has 1 aromatic heterocycles. The summed E-state index contributed by atoms with van der Waals surface area (Å²) in [4.78, 5) is 4.47. The van der Waals surface area contributed by atoms with Gasteiger partial charge in [0.1, 0.15) is 5.82 Å². The Kier molecular flexibility index (Phi) is 5.77. The van der Waals surface area contributed by atoms with Crippen LogP contribution in [0, 0.1) is 5.82 Å². The molecule has 0 aliphatic heterocycles. The molecule has 0 spiro atoms. The lowest BCUT2D eigenvalue weighted by molar-refractivity contribution is 0.363. The largest absolute Gasteiger partial charge is 0.338 e. The van der Waals surface area contributed by atoms with E-state index >= 15 is 0 Å². The lowest BCUT2D eigenvalue weighted by Crippen LogP contribution is -2.22. The molecule has 4 rings (SSSR count). The molecule has 29 heavy (non-hydrogen) atoms. The standard InChI is InChI=1S/C24H22FN3O/c1-2-17-11-13-18(14-12-17)23(20-9-6-10-21(25)15-20)26-16-22-27-24(28-29-22)19-7-4-3-5-8-19/h3-15,23,26H,2,16H2,1H3/t23-/m0/s1. The van der Waals surface area contributed by atoms with Crippen molar-refractivity contribution in [3.8, 4) is 11.4 Å². The Morgan fingerprint density at radius 1 is 0.931 bits per heavy atom. The molecule has 0 aliphatic rings. The van der Waals surface area contributed by atoms with Gasteiger partial charge in [-0.3, -0.25) is 5.32 Å². The quantitative estimate of drug-likeness (QED) is 0.466. The van der Waals surface area contributed by atoms with Gasteiger partial charge in [-0.05, 0) is 35.2 Å². The molecule has 0 amide bonds. The summed E-state index contributed by atoms with van der Waals surface area (Å²) in [5, 5.41) is 7.50. The molecule has 0 aliphatic carbocycles. The first-order chi connectivity index (χ1) is 14.2. The third-order valence-corrected chi connectivity index (χ3v) is 4.86. The van der Waals surface area contributed by atoms with Gasteiger partial charge in [0.2, 0.25) is 11.7 Å². The number of aromatic nitrogens is 2. The summed E-state index contributed by atoms with van der Waals surface area (Å²) in [7, 11) is 0. The first-order valence-electron chi connectivity index (χ1n) is 9.68. The SMILES string of the molecule is CCc1ccc([C@H](NCc2nc(-c3ccccc3)no2)c2cccc(F)c2)cc1. The second-order valence-electron chi connectivity index (χ2n) is 6.84. The minimum absolute atomic E-state index is 0.191. The van der Waals surface area contributed by atoms with Crippen molar-refractivity contribution in [2.75, 3.05) is 0 Å². The van der Waals surface area contributed by atoms with E-state index < -0.39 is 0 Å². The zero-order chi connectivity index (χ0) is 20.1. The van der Waals surface area contributed by atoms with Gasteiger partial charge in [-0.1, -0.05) is 78.8 Å². The number of nitrogens with zero attached hydrogens (tertiary/aromatic N) is 2. The van der Waals surface area contributed by atoms with Crippen LogP contribution in [0.4, 0.5) is 4.39 Å². The summed E-state index contributed by atoms with van der Waals surface area (Å²) in [5.41, 5.74) is 4.06. The van der Waals surface area contributed by atoms with E-state index in [0.29, 0.717) is 18.3 Å². The maximum Gasteiger partial charge on any atom is 0.240 e. The summed E-state index contributed by atoms with van der Waals surface area (Å²) < 4.78 is 19.3. The van der Waals surface area contributed by atoms with Crippen LogP contribution in [0.5, 0.6) is 0 Å². The fourth-order valence-corrected chi connectivity index (χ4v) is 3.28. The Morgan fingerprint density at radius 3 is 2.45 bits per heavy atom. The minimum atomic E-state index is -0.261. The fraction of sp³-hybridized carbons (Fsp3) is 0.167. The molecule has 3 aromatic carbocycles. The van der Waals surface area contributed by atoms with Crippen LogP contribution < -0.4 is 5.32 Å². The van der Waals surface area contributed by atoms with Crippen molar-refractivity contribution in [2.45, 2.75) is 25.9 Å². The average Bonchev–Trinajstić information content (AvgIpc) is 3.24. The Labute approximate surface area is 169 Å². The van der Waals surface area contributed by atoms with Crippen LogP contribution in [0.1, 0.15) is 35.5 Å². The highest BCUT2D eigenvalue weighted by Crippen LogP contribution is 2.24. The number of hydrogen-bond acceptors (Lipinski definition) is 4. The number of halogens is 1. The van der Waals surface area contributed by atoms with Gasteiger partial charge in [-0.2, -0.15) is 4.98 Å². The van der Waals surface area contributed by atoms with Crippen LogP contribution in [0.2, 0.25) is 0 Å².